The average molecular weight is 321 g/mol. The van der Waals surface area contributed by atoms with Gasteiger partial charge < -0.3 is 35.6 Å². The lowest BCUT2D eigenvalue weighted by atomic mass is 9.85. The monoisotopic (exact) mass is 321 g/mol. The van der Waals surface area contributed by atoms with Crippen molar-refractivity contribution in [1.29, 1.82) is 0 Å². The van der Waals surface area contributed by atoms with Gasteiger partial charge in [-0.15, -0.1) is 0 Å². The van der Waals surface area contributed by atoms with Gasteiger partial charge >= 0.3 is 0 Å². The maximum atomic E-state index is 12.0. The SMILES string of the molecule is CCCCCCCNC(=O)[C@]1(O)[C@@H](O)O[C@H](CO)[C@@H](O)[C@@H]1O. The molecule has 0 bridgehead atoms. The minimum atomic E-state index is -2.67. The van der Waals surface area contributed by atoms with E-state index in [4.69, 9.17) is 9.84 Å². The van der Waals surface area contributed by atoms with E-state index in [0.717, 1.165) is 25.7 Å². The van der Waals surface area contributed by atoms with E-state index in [0.29, 0.717) is 6.42 Å². The summed E-state index contributed by atoms with van der Waals surface area (Å²) in [4.78, 5) is 12.0. The number of hydrogen-bond acceptors (Lipinski definition) is 7. The van der Waals surface area contributed by atoms with Crippen LogP contribution in [0.4, 0.5) is 0 Å². The van der Waals surface area contributed by atoms with Crippen LogP contribution in [0.3, 0.4) is 0 Å². The summed E-state index contributed by atoms with van der Waals surface area (Å²) in [7, 11) is 0. The number of carbonyl (C=O) groups excluding carboxylic acids is 1. The summed E-state index contributed by atoms with van der Waals surface area (Å²) >= 11 is 0. The second-order valence-electron chi connectivity index (χ2n) is 5.64. The third-order valence-electron chi connectivity index (χ3n) is 3.95. The van der Waals surface area contributed by atoms with Crippen LogP contribution in [0.15, 0.2) is 0 Å². The van der Waals surface area contributed by atoms with Crippen molar-refractivity contribution in [1.82, 2.24) is 5.32 Å². The molecule has 0 saturated carbocycles. The van der Waals surface area contributed by atoms with Crippen molar-refractivity contribution in [2.24, 2.45) is 0 Å². The van der Waals surface area contributed by atoms with E-state index >= 15 is 0 Å². The molecule has 5 atom stereocenters. The smallest absolute Gasteiger partial charge is 0.260 e. The molecular weight excluding hydrogens is 294 g/mol. The number of unbranched alkanes of at least 4 members (excludes halogenated alkanes) is 4. The molecule has 22 heavy (non-hydrogen) atoms. The summed E-state index contributed by atoms with van der Waals surface area (Å²) in [5.74, 6) is -1.02. The fraction of sp³-hybridized carbons (Fsp3) is 0.929. The first-order valence-electron chi connectivity index (χ1n) is 7.70. The Balaban J connectivity index is 2.54. The molecule has 6 N–H and O–H groups in total. The lowest BCUT2D eigenvalue weighted by Crippen LogP contribution is -2.72. The van der Waals surface area contributed by atoms with Crippen molar-refractivity contribution in [3.8, 4) is 0 Å². The Kier molecular flexibility index (Phi) is 7.67. The molecule has 1 rings (SSSR count). The van der Waals surface area contributed by atoms with E-state index < -0.39 is 42.7 Å². The Labute approximate surface area is 129 Å². The zero-order valence-electron chi connectivity index (χ0n) is 12.8. The van der Waals surface area contributed by atoms with Crippen molar-refractivity contribution in [3.05, 3.63) is 0 Å². The molecule has 130 valence electrons. The zero-order valence-corrected chi connectivity index (χ0v) is 12.8. The second-order valence-corrected chi connectivity index (χ2v) is 5.64. The van der Waals surface area contributed by atoms with Crippen molar-refractivity contribution in [2.75, 3.05) is 13.2 Å². The summed E-state index contributed by atoms with van der Waals surface area (Å²) in [5.41, 5.74) is -2.67. The van der Waals surface area contributed by atoms with E-state index in [1.807, 2.05) is 0 Å². The van der Waals surface area contributed by atoms with Crippen molar-refractivity contribution < 1.29 is 35.1 Å². The Morgan fingerprint density at radius 2 is 1.82 bits per heavy atom. The van der Waals surface area contributed by atoms with Gasteiger partial charge in [-0.05, 0) is 6.42 Å². The molecule has 0 unspecified atom stereocenters. The number of rotatable bonds is 8. The standard InChI is InChI=1S/C14H27NO7/c1-2-3-4-5-6-7-15-12(19)14(21)11(18)10(17)9(8-16)22-13(14)20/h9-11,13,16-18,20-21H,2-8H2,1H3,(H,15,19)/t9-,10-,11+,13+,14+/m1/s1. The van der Waals surface area contributed by atoms with Crippen molar-refractivity contribution >= 4 is 5.91 Å². The van der Waals surface area contributed by atoms with E-state index in [9.17, 15) is 25.2 Å². The molecule has 0 aliphatic carbocycles. The highest BCUT2D eigenvalue weighted by Gasteiger charge is 2.58. The first-order chi connectivity index (χ1) is 10.4. The maximum Gasteiger partial charge on any atom is 0.260 e. The highest BCUT2D eigenvalue weighted by atomic mass is 16.6. The van der Waals surface area contributed by atoms with E-state index in [2.05, 4.69) is 12.2 Å². The van der Waals surface area contributed by atoms with Crippen LogP contribution < -0.4 is 5.32 Å². The summed E-state index contributed by atoms with van der Waals surface area (Å²) < 4.78 is 4.80. The zero-order chi connectivity index (χ0) is 16.8. The van der Waals surface area contributed by atoms with E-state index in [1.54, 1.807) is 0 Å². The van der Waals surface area contributed by atoms with Gasteiger partial charge in [-0.3, -0.25) is 4.79 Å². The van der Waals surface area contributed by atoms with Crippen molar-refractivity contribution in [2.45, 2.75) is 69.2 Å². The second kappa shape index (κ2) is 8.76. The predicted molar refractivity (Wildman–Crippen MR) is 76.7 cm³/mol. The highest BCUT2D eigenvalue weighted by molar-refractivity contribution is 5.86. The Bertz CT molecular complexity index is 354. The lowest BCUT2D eigenvalue weighted by Gasteiger charge is -2.44. The molecule has 0 spiro atoms. The van der Waals surface area contributed by atoms with Crippen LogP contribution in [0.1, 0.15) is 39.0 Å². The molecule has 1 amide bonds. The van der Waals surface area contributed by atoms with Gasteiger partial charge in [0.25, 0.3) is 5.91 Å². The van der Waals surface area contributed by atoms with Gasteiger partial charge in [-0.1, -0.05) is 32.6 Å². The fourth-order valence-electron chi connectivity index (χ4n) is 2.43. The number of carbonyl (C=O) groups is 1. The molecule has 1 aliphatic heterocycles. The van der Waals surface area contributed by atoms with Gasteiger partial charge in [-0.2, -0.15) is 0 Å². The third-order valence-corrected chi connectivity index (χ3v) is 3.95. The minimum Gasteiger partial charge on any atom is -0.394 e. The molecule has 1 saturated heterocycles. The third kappa shape index (κ3) is 4.15. The molecule has 0 aromatic carbocycles. The maximum absolute atomic E-state index is 12.0. The predicted octanol–water partition coefficient (Wildman–Crippen LogP) is -1.76. The molecule has 0 radical (unpaired) electrons. The molecule has 1 aliphatic rings. The lowest BCUT2D eigenvalue weighted by molar-refractivity contribution is -0.317. The van der Waals surface area contributed by atoms with Crippen LogP contribution in [0.5, 0.6) is 0 Å². The molecule has 8 nitrogen and oxygen atoms in total. The Morgan fingerprint density at radius 1 is 1.18 bits per heavy atom. The quantitative estimate of drug-likeness (QED) is 0.291. The first-order valence-corrected chi connectivity index (χ1v) is 7.70. The van der Waals surface area contributed by atoms with Crippen LogP contribution in [-0.2, 0) is 9.53 Å². The van der Waals surface area contributed by atoms with Crippen molar-refractivity contribution in [3.63, 3.8) is 0 Å². The highest BCUT2D eigenvalue weighted by Crippen LogP contribution is 2.29. The molecule has 0 aromatic heterocycles. The van der Waals surface area contributed by atoms with Crippen LogP contribution >= 0.6 is 0 Å². The summed E-state index contributed by atoms with van der Waals surface area (Å²) in [5, 5.41) is 51.0. The van der Waals surface area contributed by atoms with Gasteiger partial charge in [0.05, 0.1) is 6.61 Å². The van der Waals surface area contributed by atoms with Gasteiger partial charge in [0.2, 0.25) is 5.60 Å². The van der Waals surface area contributed by atoms with E-state index in [1.165, 1.54) is 0 Å². The topological polar surface area (TPSA) is 139 Å². The minimum absolute atomic E-state index is 0.282. The number of ether oxygens (including phenoxy) is 1. The molecule has 0 aromatic rings. The van der Waals surface area contributed by atoms with Gasteiger partial charge in [0, 0.05) is 6.54 Å². The summed E-state index contributed by atoms with van der Waals surface area (Å²) in [6.45, 7) is 1.71. The molecular formula is C14H27NO7. The molecule has 1 heterocycles. The van der Waals surface area contributed by atoms with E-state index in [-0.39, 0.29) is 6.54 Å². The fourth-order valence-corrected chi connectivity index (χ4v) is 2.43. The van der Waals surface area contributed by atoms with Gasteiger partial charge in [0.15, 0.2) is 6.29 Å². The summed E-state index contributed by atoms with van der Waals surface area (Å²) in [6, 6.07) is 0. The Morgan fingerprint density at radius 3 is 2.41 bits per heavy atom. The normalized spacial score (nSPS) is 35.4. The summed E-state index contributed by atoms with van der Waals surface area (Å²) in [6.07, 6.45) is -2.08. The van der Waals surface area contributed by atoms with Gasteiger partial charge in [0.1, 0.15) is 18.3 Å². The number of aliphatic hydroxyl groups excluding tert-OH is 4. The molecule has 8 heteroatoms. The molecule has 1 fully saturated rings. The Hall–Kier alpha value is -0.770. The van der Waals surface area contributed by atoms with Crippen LogP contribution in [-0.4, -0.2) is 74.8 Å². The number of hydrogen-bond donors (Lipinski definition) is 6. The van der Waals surface area contributed by atoms with Crippen LogP contribution in [0.25, 0.3) is 0 Å². The van der Waals surface area contributed by atoms with Gasteiger partial charge in [-0.25, -0.2) is 0 Å². The van der Waals surface area contributed by atoms with Crippen LogP contribution in [0, 0.1) is 0 Å². The largest absolute Gasteiger partial charge is 0.394 e. The first kappa shape index (κ1) is 19.3. The number of nitrogens with one attached hydrogen (secondary N) is 1. The number of aliphatic hydroxyl groups is 5. The average Bonchev–Trinajstić information content (AvgIpc) is 2.51. The number of amides is 1. The van der Waals surface area contributed by atoms with Crippen LogP contribution in [0.2, 0.25) is 0 Å².